The second-order valence-corrected chi connectivity index (χ2v) is 6.60. The summed E-state index contributed by atoms with van der Waals surface area (Å²) in [5.41, 5.74) is -0.618. The number of nitrogens with zero attached hydrogens (tertiary/aromatic N) is 2. The van der Waals surface area contributed by atoms with Gasteiger partial charge in [-0.2, -0.15) is 18.3 Å². The smallest absolute Gasteiger partial charge is 0.435 e. The van der Waals surface area contributed by atoms with Gasteiger partial charge in [-0.15, -0.1) is 11.8 Å². The number of para-hydroxylation sites is 1. The van der Waals surface area contributed by atoms with E-state index >= 15 is 0 Å². The molecular weight excluding hydrogens is 399 g/mol. The molecule has 0 fully saturated rings. The van der Waals surface area contributed by atoms with Crippen LogP contribution >= 0.6 is 11.8 Å². The summed E-state index contributed by atoms with van der Waals surface area (Å²) in [6, 6.07) is 7.49. The summed E-state index contributed by atoms with van der Waals surface area (Å²) in [7, 11) is 0. The first-order chi connectivity index (χ1) is 13.1. The van der Waals surface area contributed by atoms with E-state index in [2.05, 4.69) is 10.4 Å². The fraction of sp³-hybridized carbons (Fsp3) is 0.235. The normalized spacial score (nSPS) is 12.9. The standard InChI is InChI=1S/C17H16F3N3O4S/c18-17(19,20)14-7-8-23(22-14)9-11(24)10-28-13-4-2-1-3-12(13)21-15(25)5-6-16(26)27/h1-8,11,24H,9-10H2,(H,21,25)(H,26,27)/t11-/m0/s1. The minimum Gasteiger partial charge on any atom is -0.478 e. The molecule has 7 nitrogen and oxygen atoms in total. The van der Waals surface area contributed by atoms with E-state index in [9.17, 15) is 27.9 Å². The van der Waals surface area contributed by atoms with Crippen molar-refractivity contribution < 1.29 is 33.0 Å². The fourth-order valence-corrected chi connectivity index (χ4v) is 3.01. The maximum atomic E-state index is 12.5. The number of amides is 1. The molecule has 11 heteroatoms. The van der Waals surface area contributed by atoms with Gasteiger partial charge in [0.2, 0.25) is 5.91 Å². The highest BCUT2D eigenvalue weighted by molar-refractivity contribution is 7.99. The third-order valence-electron chi connectivity index (χ3n) is 3.28. The summed E-state index contributed by atoms with van der Waals surface area (Å²) in [5.74, 6) is -1.75. The molecule has 1 aromatic heterocycles. The number of rotatable bonds is 8. The summed E-state index contributed by atoms with van der Waals surface area (Å²) >= 11 is 1.18. The molecule has 28 heavy (non-hydrogen) atoms. The number of aliphatic hydroxyl groups excluding tert-OH is 1. The summed E-state index contributed by atoms with van der Waals surface area (Å²) < 4.78 is 38.6. The van der Waals surface area contributed by atoms with E-state index in [1.807, 2.05) is 0 Å². The average molecular weight is 415 g/mol. The first-order valence-electron chi connectivity index (χ1n) is 7.87. The maximum Gasteiger partial charge on any atom is 0.435 e. The number of hydrogen-bond acceptors (Lipinski definition) is 5. The van der Waals surface area contributed by atoms with Gasteiger partial charge >= 0.3 is 12.1 Å². The number of aliphatic carboxylic acids is 1. The van der Waals surface area contributed by atoms with Crippen molar-refractivity contribution >= 4 is 29.3 Å². The lowest BCUT2D eigenvalue weighted by atomic mass is 10.3. The number of thioether (sulfide) groups is 1. The molecule has 0 saturated heterocycles. The van der Waals surface area contributed by atoms with Crippen LogP contribution in [0.2, 0.25) is 0 Å². The van der Waals surface area contributed by atoms with Gasteiger partial charge in [0.25, 0.3) is 0 Å². The summed E-state index contributed by atoms with van der Waals surface area (Å²) in [6.07, 6.45) is -2.82. The quantitative estimate of drug-likeness (QED) is 0.452. The van der Waals surface area contributed by atoms with Crippen LogP contribution in [0.3, 0.4) is 0 Å². The fourth-order valence-electron chi connectivity index (χ4n) is 2.09. The Morgan fingerprint density at radius 1 is 1.25 bits per heavy atom. The average Bonchev–Trinajstić information content (AvgIpc) is 3.08. The molecule has 2 aromatic rings. The number of carboxylic acids is 1. The molecule has 1 aromatic carbocycles. The van der Waals surface area contributed by atoms with Gasteiger partial charge in [-0.1, -0.05) is 12.1 Å². The predicted octanol–water partition coefficient (Wildman–Crippen LogP) is 2.63. The van der Waals surface area contributed by atoms with E-state index in [-0.39, 0.29) is 12.3 Å². The lowest BCUT2D eigenvalue weighted by Crippen LogP contribution is -2.20. The molecule has 0 radical (unpaired) electrons. The van der Waals surface area contributed by atoms with E-state index in [0.29, 0.717) is 16.7 Å². The molecule has 0 saturated carbocycles. The number of anilines is 1. The summed E-state index contributed by atoms with van der Waals surface area (Å²) in [5, 5.41) is 24.5. The monoisotopic (exact) mass is 415 g/mol. The SMILES string of the molecule is O=C(O)C=CC(=O)Nc1ccccc1SC[C@@H](O)Cn1ccc(C(F)(F)F)n1. The van der Waals surface area contributed by atoms with Crippen molar-refractivity contribution in [2.24, 2.45) is 0 Å². The van der Waals surface area contributed by atoms with Gasteiger partial charge in [0.1, 0.15) is 0 Å². The molecule has 150 valence electrons. The van der Waals surface area contributed by atoms with Crippen molar-refractivity contribution in [2.45, 2.75) is 23.7 Å². The zero-order valence-corrected chi connectivity index (χ0v) is 15.1. The highest BCUT2D eigenvalue weighted by Gasteiger charge is 2.33. The number of nitrogens with one attached hydrogen (secondary N) is 1. The molecule has 1 atom stereocenters. The molecule has 0 bridgehead atoms. The lowest BCUT2D eigenvalue weighted by molar-refractivity contribution is -0.141. The van der Waals surface area contributed by atoms with Gasteiger partial charge < -0.3 is 15.5 Å². The molecule has 2 rings (SSSR count). The molecular formula is C17H16F3N3O4S. The number of halogens is 3. The first-order valence-corrected chi connectivity index (χ1v) is 8.86. The second-order valence-electron chi connectivity index (χ2n) is 5.54. The number of hydrogen-bond donors (Lipinski definition) is 3. The predicted molar refractivity (Wildman–Crippen MR) is 95.8 cm³/mol. The zero-order valence-electron chi connectivity index (χ0n) is 14.3. The number of carbonyl (C=O) groups excluding carboxylic acids is 1. The van der Waals surface area contributed by atoms with Crippen molar-refractivity contribution in [3.05, 3.63) is 54.4 Å². The van der Waals surface area contributed by atoms with E-state index in [0.717, 1.165) is 23.0 Å². The minimum atomic E-state index is -4.54. The Balaban J connectivity index is 1.94. The van der Waals surface area contributed by atoms with E-state index in [1.54, 1.807) is 24.3 Å². The van der Waals surface area contributed by atoms with Crippen LogP contribution in [0.4, 0.5) is 18.9 Å². The van der Waals surface area contributed by atoms with Crippen LogP contribution in [0, 0.1) is 0 Å². The van der Waals surface area contributed by atoms with Crippen molar-refractivity contribution in [1.29, 1.82) is 0 Å². The largest absolute Gasteiger partial charge is 0.478 e. The number of benzene rings is 1. The van der Waals surface area contributed by atoms with Crippen LogP contribution in [0.25, 0.3) is 0 Å². The van der Waals surface area contributed by atoms with Crippen molar-refractivity contribution in [1.82, 2.24) is 9.78 Å². The van der Waals surface area contributed by atoms with Crippen molar-refractivity contribution in [2.75, 3.05) is 11.1 Å². The van der Waals surface area contributed by atoms with E-state index < -0.39 is 29.9 Å². The Kier molecular flexibility index (Phi) is 7.24. The number of carbonyl (C=O) groups is 2. The number of aliphatic hydroxyl groups is 1. The number of alkyl halides is 3. The molecule has 1 amide bonds. The van der Waals surface area contributed by atoms with Gasteiger partial charge in [0, 0.05) is 29.0 Å². The number of carboxylic acid groups (broad SMARTS) is 1. The number of aromatic nitrogens is 2. The van der Waals surface area contributed by atoms with Gasteiger partial charge in [-0.25, -0.2) is 4.79 Å². The van der Waals surface area contributed by atoms with Crippen LogP contribution in [-0.2, 0) is 22.3 Å². The summed E-state index contributed by atoms with van der Waals surface area (Å²) in [4.78, 5) is 22.8. The Labute approximate surface area is 161 Å². The molecule has 1 heterocycles. The first kappa shape index (κ1) is 21.5. The van der Waals surface area contributed by atoms with E-state index in [1.165, 1.54) is 11.8 Å². The Morgan fingerprint density at radius 3 is 2.61 bits per heavy atom. The van der Waals surface area contributed by atoms with Crippen LogP contribution in [0.1, 0.15) is 5.69 Å². The summed E-state index contributed by atoms with van der Waals surface area (Å²) in [6.45, 7) is -0.126. The van der Waals surface area contributed by atoms with Crippen LogP contribution in [-0.4, -0.2) is 43.7 Å². The lowest BCUT2D eigenvalue weighted by Gasteiger charge is -2.13. The van der Waals surface area contributed by atoms with Gasteiger partial charge in [-0.3, -0.25) is 9.48 Å². The van der Waals surface area contributed by atoms with Crippen molar-refractivity contribution in [3.63, 3.8) is 0 Å². The molecule has 3 N–H and O–H groups in total. The maximum absolute atomic E-state index is 12.5. The third-order valence-corrected chi connectivity index (χ3v) is 4.50. The third kappa shape index (κ3) is 6.74. The van der Waals surface area contributed by atoms with Crippen LogP contribution in [0.15, 0.2) is 53.6 Å². The van der Waals surface area contributed by atoms with Crippen LogP contribution in [0.5, 0.6) is 0 Å². The van der Waals surface area contributed by atoms with Gasteiger partial charge in [0.05, 0.1) is 18.3 Å². The van der Waals surface area contributed by atoms with Gasteiger partial charge in [0.15, 0.2) is 5.69 Å². The zero-order chi connectivity index (χ0) is 20.7. The molecule has 0 aliphatic heterocycles. The highest BCUT2D eigenvalue weighted by Crippen LogP contribution is 2.29. The highest BCUT2D eigenvalue weighted by atomic mass is 32.2. The Hall–Kier alpha value is -2.79. The Bertz CT molecular complexity index is 867. The molecule has 0 spiro atoms. The minimum absolute atomic E-state index is 0.126. The Morgan fingerprint density at radius 2 is 1.96 bits per heavy atom. The van der Waals surface area contributed by atoms with Gasteiger partial charge in [-0.05, 0) is 18.2 Å². The molecule has 0 unspecified atom stereocenters. The van der Waals surface area contributed by atoms with E-state index in [4.69, 9.17) is 5.11 Å². The molecule has 0 aliphatic carbocycles. The topological polar surface area (TPSA) is 104 Å². The second kappa shape index (κ2) is 9.42. The van der Waals surface area contributed by atoms with Crippen molar-refractivity contribution in [3.8, 4) is 0 Å². The van der Waals surface area contributed by atoms with Crippen LogP contribution < -0.4 is 5.32 Å². The molecule has 0 aliphatic rings.